The fraction of sp³-hybridized carbons (Fsp3) is 0.235. The molecule has 0 unspecified atom stereocenters. The summed E-state index contributed by atoms with van der Waals surface area (Å²) in [5.41, 5.74) is 8.33. The lowest BCUT2D eigenvalue weighted by molar-refractivity contribution is 0.0752. The van der Waals surface area contributed by atoms with Gasteiger partial charge in [0.2, 0.25) is 0 Å². The summed E-state index contributed by atoms with van der Waals surface area (Å²) in [6.07, 6.45) is 0. The Kier molecular flexibility index (Phi) is 4.58. The fourth-order valence-electron chi connectivity index (χ4n) is 2.12. The second kappa shape index (κ2) is 6.39. The first-order valence-corrected chi connectivity index (χ1v) is 6.91. The number of aryl methyl sites for hydroxylation is 1. The van der Waals surface area contributed by atoms with E-state index >= 15 is 0 Å². The first-order chi connectivity index (χ1) is 10.0. The van der Waals surface area contributed by atoms with Crippen LogP contribution < -0.4 is 5.73 Å². The molecule has 0 fully saturated rings. The number of rotatable bonds is 4. The zero-order valence-electron chi connectivity index (χ0n) is 12.3. The third-order valence-electron chi connectivity index (χ3n) is 3.50. The van der Waals surface area contributed by atoms with E-state index in [2.05, 4.69) is 0 Å². The summed E-state index contributed by atoms with van der Waals surface area (Å²) < 4.78 is 13.6. The molecule has 2 aromatic carbocycles. The van der Waals surface area contributed by atoms with E-state index in [1.54, 1.807) is 30.0 Å². The fourth-order valence-corrected chi connectivity index (χ4v) is 2.12. The number of para-hydroxylation sites is 1. The molecule has 21 heavy (non-hydrogen) atoms. The van der Waals surface area contributed by atoms with Crippen LogP contribution in [-0.2, 0) is 6.54 Å². The molecule has 4 heteroatoms. The molecule has 0 aliphatic heterocycles. The van der Waals surface area contributed by atoms with Crippen LogP contribution in [0.5, 0.6) is 0 Å². The van der Waals surface area contributed by atoms with E-state index in [0.29, 0.717) is 29.9 Å². The van der Waals surface area contributed by atoms with Crippen molar-refractivity contribution >= 4 is 11.6 Å². The van der Waals surface area contributed by atoms with Gasteiger partial charge in [0.1, 0.15) is 5.82 Å². The Balaban J connectivity index is 2.22. The lowest BCUT2D eigenvalue weighted by Crippen LogP contribution is -2.30. The molecule has 3 nitrogen and oxygen atoms in total. The van der Waals surface area contributed by atoms with Crippen LogP contribution in [0, 0.1) is 12.7 Å². The van der Waals surface area contributed by atoms with Gasteiger partial charge in [-0.15, -0.1) is 0 Å². The van der Waals surface area contributed by atoms with Crippen molar-refractivity contribution < 1.29 is 9.18 Å². The number of carbonyl (C=O) groups excluding carboxylic acids is 1. The Morgan fingerprint density at radius 2 is 1.95 bits per heavy atom. The smallest absolute Gasteiger partial charge is 0.254 e. The number of nitrogens with zero attached hydrogens (tertiary/aromatic N) is 1. The van der Waals surface area contributed by atoms with Crippen LogP contribution >= 0.6 is 0 Å². The maximum Gasteiger partial charge on any atom is 0.254 e. The molecule has 1 amide bonds. The molecule has 2 aromatic rings. The monoisotopic (exact) mass is 286 g/mol. The zero-order chi connectivity index (χ0) is 15.4. The lowest BCUT2D eigenvalue weighted by atomic mass is 10.1. The second-order valence-corrected chi connectivity index (χ2v) is 4.98. The van der Waals surface area contributed by atoms with Gasteiger partial charge in [-0.1, -0.05) is 24.3 Å². The molecule has 2 rings (SSSR count). The van der Waals surface area contributed by atoms with Crippen molar-refractivity contribution in [3.8, 4) is 0 Å². The van der Waals surface area contributed by atoms with Crippen LogP contribution in [0.3, 0.4) is 0 Å². The van der Waals surface area contributed by atoms with Crippen LogP contribution in [0.1, 0.15) is 28.4 Å². The predicted molar refractivity (Wildman–Crippen MR) is 82.4 cm³/mol. The number of benzene rings is 2. The number of carbonyl (C=O) groups is 1. The number of nitrogen functional groups attached to an aromatic ring is 1. The van der Waals surface area contributed by atoms with Gasteiger partial charge in [0, 0.05) is 24.3 Å². The molecule has 0 saturated heterocycles. The summed E-state index contributed by atoms with van der Waals surface area (Å²) in [5.74, 6) is -0.559. The van der Waals surface area contributed by atoms with Crippen molar-refractivity contribution in [2.75, 3.05) is 12.3 Å². The summed E-state index contributed by atoms with van der Waals surface area (Å²) in [4.78, 5) is 14.1. The number of hydrogen-bond donors (Lipinski definition) is 1. The van der Waals surface area contributed by atoms with Gasteiger partial charge < -0.3 is 10.6 Å². The van der Waals surface area contributed by atoms with Gasteiger partial charge in [0.15, 0.2) is 0 Å². The summed E-state index contributed by atoms with van der Waals surface area (Å²) in [6, 6.07) is 12.0. The highest BCUT2D eigenvalue weighted by Crippen LogP contribution is 2.16. The molecule has 0 spiro atoms. The number of amides is 1. The normalized spacial score (nSPS) is 10.4. The predicted octanol–water partition coefficient (Wildman–Crippen LogP) is 3.38. The average Bonchev–Trinajstić information content (AvgIpc) is 2.48. The van der Waals surface area contributed by atoms with E-state index in [-0.39, 0.29) is 11.7 Å². The van der Waals surface area contributed by atoms with Crippen molar-refractivity contribution in [2.24, 2.45) is 0 Å². The molecule has 0 atom stereocenters. The molecule has 0 heterocycles. The molecule has 0 saturated carbocycles. The molecule has 110 valence electrons. The Bertz CT molecular complexity index is 655. The average molecular weight is 286 g/mol. The van der Waals surface area contributed by atoms with Crippen molar-refractivity contribution in [1.82, 2.24) is 4.90 Å². The molecule has 0 aliphatic rings. The first-order valence-electron chi connectivity index (χ1n) is 6.91. The number of halogens is 1. The van der Waals surface area contributed by atoms with Crippen molar-refractivity contribution in [2.45, 2.75) is 20.4 Å². The first kappa shape index (κ1) is 15.0. The minimum atomic E-state index is -0.365. The minimum Gasteiger partial charge on any atom is -0.398 e. The highest BCUT2D eigenvalue weighted by molar-refractivity contribution is 5.94. The Morgan fingerprint density at radius 3 is 2.57 bits per heavy atom. The van der Waals surface area contributed by atoms with Gasteiger partial charge in [0.05, 0.1) is 0 Å². The number of hydrogen-bond acceptors (Lipinski definition) is 2. The van der Waals surface area contributed by atoms with Gasteiger partial charge >= 0.3 is 0 Å². The summed E-state index contributed by atoms with van der Waals surface area (Å²) >= 11 is 0. The molecule has 0 bridgehead atoms. The third-order valence-corrected chi connectivity index (χ3v) is 3.50. The molecular formula is C17H19FN2O. The van der Waals surface area contributed by atoms with Gasteiger partial charge in [0.25, 0.3) is 5.91 Å². The maximum absolute atomic E-state index is 13.6. The highest BCUT2D eigenvalue weighted by Gasteiger charge is 2.16. The van der Waals surface area contributed by atoms with Crippen LogP contribution in [0.2, 0.25) is 0 Å². The van der Waals surface area contributed by atoms with E-state index < -0.39 is 0 Å². The van der Waals surface area contributed by atoms with Gasteiger partial charge in [-0.25, -0.2) is 4.39 Å². The third kappa shape index (κ3) is 3.40. The minimum absolute atomic E-state index is 0.195. The maximum atomic E-state index is 13.6. The molecule has 2 N–H and O–H groups in total. The van der Waals surface area contributed by atoms with Crippen molar-refractivity contribution in [3.63, 3.8) is 0 Å². The Labute approximate surface area is 124 Å². The van der Waals surface area contributed by atoms with E-state index in [4.69, 9.17) is 5.73 Å². The lowest BCUT2D eigenvalue weighted by Gasteiger charge is -2.22. The quantitative estimate of drug-likeness (QED) is 0.876. The SMILES string of the molecule is CCN(Cc1ccccc1N)C(=O)c1ccc(C)c(F)c1. The molecular weight excluding hydrogens is 267 g/mol. The largest absolute Gasteiger partial charge is 0.398 e. The number of anilines is 1. The zero-order valence-corrected chi connectivity index (χ0v) is 12.3. The summed E-state index contributed by atoms with van der Waals surface area (Å²) in [6.45, 7) is 4.51. The van der Waals surface area contributed by atoms with Crippen LogP contribution in [-0.4, -0.2) is 17.4 Å². The van der Waals surface area contributed by atoms with Crippen molar-refractivity contribution in [1.29, 1.82) is 0 Å². The topological polar surface area (TPSA) is 46.3 Å². The van der Waals surface area contributed by atoms with Gasteiger partial charge in [-0.2, -0.15) is 0 Å². The van der Waals surface area contributed by atoms with Gasteiger partial charge in [-0.05, 0) is 43.2 Å². The van der Waals surface area contributed by atoms with Crippen LogP contribution in [0.15, 0.2) is 42.5 Å². The van der Waals surface area contributed by atoms with E-state index in [1.807, 2.05) is 25.1 Å². The molecule has 0 radical (unpaired) electrons. The Morgan fingerprint density at radius 1 is 1.24 bits per heavy atom. The van der Waals surface area contributed by atoms with Crippen LogP contribution in [0.4, 0.5) is 10.1 Å². The number of nitrogens with two attached hydrogens (primary N) is 1. The molecule has 0 aromatic heterocycles. The second-order valence-electron chi connectivity index (χ2n) is 4.98. The van der Waals surface area contributed by atoms with Crippen molar-refractivity contribution in [3.05, 3.63) is 65.0 Å². The summed E-state index contributed by atoms with van der Waals surface area (Å²) in [7, 11) is 0. The highest BCUT2D eigenvalue weighted by atomic mass is 19.1. The molecule has 0 aliphatic carbocycles. The van der Waals surface area contributed by atoms with E-state index in [9.17, 15) is 9.18 Å². The van der Waals surface area contributed by atoms with Gasteiger partial charge in [-0.3, -0.25) is 4.79 Å². The van der Waals surface area contributed by atoms with E-state index in [0.717, 1.165) is 5.56 Å². The summed E-state index contributed by atoms with van der Waals surface area (Å²) in [5, 5.41) is 0. The van der Waals surface area contributed by atoms with Crippen LogP contribution in [0.25, 0.3) is 0 Å². The Hall–Kier alpha value is -2.36. The van der Waals surface area contributed by atoms with E-state index in [1.165, 1.54) is 6.07 Å². The standard InChI is InChI=1S/C17H19FN2O/c1-3-20(11-14-6-4-5-7-16(14)19)17(21)13-9-8-12(2)15(18)10-13/h4-10H,3,11,19H2,1-2H3.